The van der Waals surface area contributed by atoms with E-state index in [4.69, 9.17) is 14.5 Å². The number of ether oxygens (including phenoxy) is 2. The van der Waals surface area contributed by atoms with Crippen LogP contribution in [0.1, 0.15) is 51.2 Å². The summed E-state index contributed by atoms with van der Waals surface area (Å²) in [7, 11) is 1.76. The molecule has 3 aromatic rings. The van der Waals surface area contributed by atoms with Gasteiger partial charge in [0.2, 0.25) is 0 Å². The quantitative estimate of drug-likeness (QED) is 0.392. The summed E-state index contributed by atoms with van der Waals surface area (Å²) in [4.78, 5) is 29.9. The van der Waals surface area contributed by atoms with Gasteiger partial charge in [-0.3, -0.25) is 14.9 Å². The molecule has 0 bridgehead atoms. The van der Waals surface area contributed by atoms with Gasteiger partial charge in [0.05, 0.1) is 23.2 Å². The normalized spacial score (nSPS) is 16.9. The summed E-state index contributed by atoms with van der Waals surface area (Å²) < 4.78 is 14.9. The largest absolute Gasteiger partial charge is 0.461 e. The third kappa shape index (κ3) is 6.34. The summed E-state index contributed by atoms with van der Waals surface area (Å²) in [6, 6.07) is 7.18. The first-order chi connectivity index (χ1) is 18.2. The van der Waals surface area contributed by atoms with Gasteiger partial charge < -0.3 is 23.7 Å². The summed E-state index contributed by atoms with van der Waals surface area (Å²) in [6.07, 6.45) is 3.45. The van der Waals surface area contributed by atoms with Crippen molar-refractivity contribution in [3.05, 3.63) is 51.9 Å². The lowest BCUT2D eigenvalue weighted by Gasteiger charge is -2.23. The van der Waals surface area contributed by atoms with Crippen molar-refractivity contribution >= 4 is 17.0 Å². The molecule has 2 aromatic heterocycles. The molecule has 0 aliphatic carbocycles. The number of carbonyl (C=O) groups excluding carboxylic acids is 1. The minimum atomic E-state index is -0.895. The number of esters is 1. The number of aliphatic hydroxyl groups excluding tert-OH is 1. The predicted molar refractivity (Wildman–Crippen MR) is 147 cm³/mol. The molecule has 1 fully saturated rings. The van der Waals surface area contributed by atoms with Gasteiger partial charge in [0, 0.05) is 50.7 Å². The summed E-state index contributed by atoms with van der Waals surface area (Å²) in [5, 5.41) is 13.3. The lowest BCUT2D eigenvalue weighted by molar-refractivity contribution is -0.153. The lowest BCUT2D eigenvalue weighted by Crippen LogP contribution is -2.46. The number of nitrogens with zero attached hydrogens (tertiary/aromatic N) is 3. The molecule has 3 unspecified atom stereocenters. The third-order valence-corrected chi connectivity index (χ3v) is 7.37. The van der Waals surface area contributed by atoms with Crippen LogP contribution in [0.15, 0.2) is 35.3 Å². The Morgan fingerprint density at radius 2 is 2.00 bits per heavy atom. The summed E-state index contributed by atoms with van der Waals surface area (Å²) >= 11 is 0. The van der Waals surface area contributed by atoms with Crippen LogP contribution in [0.25, 0.3) is 22.4 Å². The number of rotatable bonds is 10. The molecule has 3 heterocycles. The Morgan fingerprint density at radius 3 is 2.66 bits per heavy atom. The highest BCUT2D eigenvalue weighted by molar-refractivity contribution is 5.81. The number of imidazole rings is 1. The van der Waals surface area contributed by atoms with Crippen molar-refractivity contribution in [2.75, 3.05) is 13.2 Å². The van der Waals surface area contributed by atoms with Crippen LogP contribution in [0, 0.1) is 12.8 Å². The van der Waals surface area contributed by atoms with Crippen LogP contribution in [-0.2, 0) is 34.4 Å². The first-order valence-electron chi connectivity index (χ1n) is 13.5. The average molecular weight is 525 g/mol. The Morgan fingerprint density at radius 1 is 1.26 bits per heavy atom. The molecule has 38 heavy (non-hydrogen) atoms. The predicted octanol–water partition coefficient (Wildman–Crippen LogP) is 3.32. The van der Waals surface area contributed by atoms with Crippen molar-refractivity contribution in [3.8, 4) is 11.4 Å². The Labute approximate surface area is 223 Å². The van der Waals surface area contributed by atoms with Gasteiger partial charge in [-0.15, -0.1) is 0 Å². The molecular formula is C29H40N4O5. The minimum Gasteiger partial charge on any atom is -0.461 e. The maximum absolute atomic E-state index is 12.6. The first-order valence-corrected chi connectivity index (χ1v) is 13.5. The van der Waals surface area contributed by atoms with Crippen molar-refractivity contribution < 1.29 is 19.4 Å². The zero-order chi connectivity index (χ0) is 27.4. The van der Waals surface area contributed by atoms with E-state index >= 15 is 0 Å². The van der Waals surface area contributed by atoms with Crippen LogP contribution >= 0.6 is 0 Å². The van der Waals surface area contributed by atoms with E-state index in [0.29, 0.717) is 24.4 Å². The Hall–Kier alpha value is -3.01. The molecule has 0 radical (unpaired) electrons. The molecule has 206 valence electrons. The highest BCUT2D eigenvalue weighted by Gasteiger charge is 2.26. The van der Waals surface area contributed by atoms with Crippen LogP contribution in [0.2, 0.25) is 0 Å². The molecule has 4 rings (SSSR count). The highest BCUT2D eigenvalue weighted by atomic mass is 16.5. The van der Waals surface area contributed by atoms with Gasteiger partial charge in [0.15, 0.2) is 0 Å². The number of hydrogen-bond acceptors (Lipinski definition) is 7. The monoisotopic (exact) mass is 524 g/mol. The molecular weight excluding hydrogens is 484 g/mol. The Kier molecular flexibility index (Phi) is 9.02. The van der Waals surface area contributed by atoms with Crippen molar-refractivity contribution in [1.82, 2.24) is 19.4 Å². The number of aromatic nitrogens is 3. The molecule has 3 atom stereocenters. The summed E-state index contributed by atoms with van der Waals surface area (Å²) in [5.41, 5.74) is 4.35. The van der Waals surface area contributed by atoms with Gasteiger partial charge in [0.1, 0.15) is 11.9 Å². The maximum atomic E-state index is 12.6. The number of fused-ring (bicyclic) bond motifs is 1. The standard InChI is InChI=1S/C29H40N4O5/c1-6-19(3)38-29(36)26(20(4)34)30-15-22-7-8-25-24(14-22)31-27(23-13-18(2)28(35)32(5)17-23)33(25)16-21-9-11-37-12-10-21/h7-8,13-14,17,19-21,26,30,34H,6,9-12,15-16H2,1-5H3. The smallest absolute Gasteiger partial charge is 0.326 e. The maximum Gasteiger partial charge on any atom is 0.326 e. The van der Waals surface area contributed by atoms with Gasteiger partial charge in [-0.2, -0.15) is 0 Å². The fourth-order valence-electron chi connectivity index (χ4n) is 4.91. The van der Waals surface area contributed by atoms with Gasteiger partial charge in [0.25, 0.3) is 5.56 Å². The summed E-state index contributed by atoms with van der Waals surface area (Å²) in [5.74, 6) is 0.857. The van der Waals surface area contributed by atoms with Crippen molar-refractivity contribution in [2.24, 2.45) is 13.0 Å². The van der Waals surface area contributed by atoms with E-state index in [1.807, 2.05) is 45.2 Å². The first kappa shape index (κ1) is 28.0. The van der Waals surface area contributed by atoms with Crippen LogP contribution in [0.4, 0.5) is 0 Å². The second kappa shape index (κ2) is 12.2. The average Bonchev–Trinajstić information content (AvgIpc) is 3.24. The molecule has 0 spiro atoms. The Bertz CT molecular complexity index is 1300. The van der Waals surface area contributed by atoms with Crippen molar-refractivity contribution in [3.63, 3.8) is 0 Å². The third-order valence-electron chi connectivity index (χ3n) is 7.37. The SMILES string of the molecule is CCC(C)OC(=O)C(NCc1ccc2c(c1)nc(-c1cc(C)c(=O)n(C)c1)n2CC1CCOCC1)C(C)O. The second-order valence-electron chi connectivity index (χ2n) is 10.5. The highest BCUT2D eigenvalue weighted by Crippen LogP contribution is 2.29. The molecule has 1 saturated heterocycles. The number of pyridine rings is 1. The van der Waals surface area contributed by atoms with E-state index in [1.165, 1.54) is 0 Å². The van der Waals surface area contributed by atoms with E-state index in [0.717, 1.165) is 60.6 Å². The number of hydrogen-bond donors (Lipinski definition) is 2. The van der Waals surface area contributed by atoms with E-state index < -0.39 is 18.1 Å². The topological polar surface area (TPSA) is 108 Å². The molecule has 9 nitrogen and oxygen atoms in total. The van der Waals surface area contributed by atoms with Crippen molar-refractivity contribution in [1.29, 1.82) is 0 Å². The molecule has 1 aromatic carbocycles. The number of aryl methyl sites for hydroxylation is 2. The fraction of sp³-hybridized carbons (Fsp3) is 0.552. The molecule has 1 aliphatic heterocycles. The molecule has 0 saturated carbocycles. The number of aliphatic hydroxyl groups is 1. The molecule has 0 amide bonds. The number of nitrogens with one attached hydrogen (secondary N) is 1. The van der Waals surface area contributed by atoms with Gasteiger partial charge in [-0.25, -0.2) is 4.98 Å². The minimum absolute atomic E-state index is 0.0197. The van der Waals surface area contributed by atoms with Crippen molar-refractivity contribution in [2.45, 2.75) is 78.3 Å². The van der Waals surface area contributed by atoms with E-state index in [2.05, 4.69) is 16.0 Å². The van der Waals surface area contributed by atoms with E-state index in [-0.39, 0.29) is 11.7 Å². The van der Waals surface area contributed by atoms with E-state index in [1.54, 1.807) is 18.5 Å². The zero-order valence-electron chi connectivity index (χ0n) is 23.1. The van der Waals surface area contributed by atoms with Gasteiger partial charge in [-0.1, -0.05) is 13.0 Å². The van der Waals surface area contributed by atoms with Gasteiger partial charge in [-0.05, 0) is 69.7 Å². The van der Waals surface area contributed by atoms with E-state index in [9.17, 15) is 14.7 Å². The lowest BCUT2D eigenvalue weighted by atomic mass is 10.00. The van der Waals surface area contributed by atoms with Crippen LogP contribution in [0.5, 0.6) is 0 Å². The van der Waals surface area contributed by atoms with Crippen LogP contribution < -0.4 is 10.9 Å². The van der Waals surface area contributed by atoms with Crippen LogP contribution in [-0.4, -0.2) is 56.7 Å². The molecule has 2 N–H and O–H groups in total. The van der Waals surface area contributed by atoms with Crippen LogP contribution in [0.3, 0.4) is 0 Å². The summed E-state index contributed by atoms with van der Waals surface area (Å²) in [6.45, 7) is 9.93. The fourth-order valence-corrected chi connectivity index (χ4v) is 4.91. The second-order valence-corrected chi connectivity index (χ2v) is 10.5. The zero-order valence-corrected chi connectivity index (χ0v) is 23.1. The Balaban J connectivity index is 1.65. The number of benzene rings is 1. The van der Waals surface area contributed by atoms with Gasteiger partial charge >= 0.3 is 5.97 Å². The number of carbonyl (C=O) groups is 1. The molecule has 9 heteroatoms. The molecule has 1 aliphatic rings.